The monoisotopic (exact) mass is 377 g/mol. The van der Waals surface area contributed by atoms with Gasteiger partial charge in [0.2, 0.25) is 0 Å². The summed E-state index contributed by atoms with van der Waals surface area (Å²) in [4.78, 5) is 13.4. The topological polar surface area (TPSA) is 38.7 Å². The van der Waals surface area contributed by atoms with Crippen molar-refractivity contribution >= 4 is 32.3 Å². The van der Waals surface area contributed by atoms with Gasteiger partial charge in [-0.3, -0.25) is 0 Å². The molecule has 0 aliphatic carbocycles. The fourth-order valence-electron chi connectivity index (χ4n) is 4.22. The van der Waals surface area contributed by atoms with E-state index in [1.54, 1.807) is 0 Å². The summed E-state index contributed by atoms with van der Waals surface area (Å²) < 4.78 is 0. The zero-order valence-corrected chi connectivity index (χ0v) is 17.2. The SMILES string of the molecule is Cc1nc(C)nc(-c2ccc3c4ccc(C(C)C)cc4c4ccccc4c3c2)n1. The Morgan fingerprint density at radius 3 is 1.76 bits per heavy atom. The minimum absolute atomic E-state index is 0.506. The smallest absolute Gasteiger partial charge is 0.163 e. The molecule has 3 heteroatoms. The highest BCUT2D eigenvalue weighted by Gasteiger charge is 2.12. The molecule has 0 fully saturated rings. The summed E-state index contributed by atoms with van der Waals surface area (Å²) >= 11 is 0. The summed E-state index contributed by atoms with van der Waals surface area (Å²) in [6.45, 7) is 8.31. The first-order valence-electron chi connectivity index (χ1n) is 10.1. The van der Waals surface area contributed by atoms with Crippen LogP contribution in [-0.2, 0) is 0 Å². The van der Waals surface area contributed by atoms with E-state index >= 15 is 0 Å². The molecular weight excluding hydrogens is 354 g/mol. The molecule has 5 aromatic rings. The van der Waals surface area contributed by atoms with Crippen LogP contribution in [0.2, 0.25) is 0 Å². The number of fused-ring (bicyclic) bond motifs is 6. The first kappa shape index (κ1) is 17.7. The molecule has 29 heavy (non-hydrogen) atoms. The van der Waals surface area contributed by atoms with Gasteiger partial charge in [0.25, 0.3) is 0 Å². The Morgan fingerprint density at radius 2 is 1.14 bits per heavy atom. The lowest BCUT2D eigenvalue weighted by molar-refractivity contribution is 0.869. The molecule has 5 rings (SSSR count). The van der Waals surface area contributed by atoms with Gasteiger partial charge in [-0.2, -0.15) is 0 Å². The molecule has 0 radical (unpaired) electrons. The molecule has 142 valence electrons. The third kappa shape index (κ3) is 2.94. The third-order valence-corrected chi connectivity index (χ3v) is 5.64. The summed E-state index contributed by atoms with van der Waals surface area (Å²) in [5.41, 5.74) is 2.39. The molecule has 0 bridgehead atoms. The maximum absolute atomic E-state index is 4.56. The van der Waals surface area contributed by atoms with Crippen LogP contribution >= 0.6 is 0 Å². The van der Waals surface area contributed by atoms with Crippen LogP contribution in [0.15, 0.2) is 60.7 Å². The Kier molecular flexibility index (Phi) is 4.06. The molecule has 0 unspecified atom stereocenters. The number of nitrogens with zero attached hydrogens (tertiary/aromatic N) is 3. The highest BCUT2D eigenvalue weighted by atomic mass is 15.0. The molecule has 0 spiro atoms. The van der Waals surface area contributed by atoms with Crippen molar-refractivity contribution in [3.05, 3.63) is 77.9 Å². The maximum Gasteiger partial charge on any atom is 0.163 e. The largest absolute Gasteiger partial charge is 0.219 e. The van der Waals surface area contributed by atoms with Gasteiger partial charge in [0.15, 0.2) is 5.82 Å². The first-order chi connectivity index (χ1) is 14.0. The summed E-state index contributed by atoms with van der Waals surface area (Å²) in [6, 6.07) is 22.1. The Labute approximate surface area is 170 Å². The number of benzene rings is 4. The van der Waals surface area contributed by atoms with Crippen LogP contribution in [0.4, 0.5) is 0 Å². The predicted molar refractivity (Wildman–Crippen MR) is 121 cm³/mol. The van der Waals surface area contributed by atoms with E-state index in [9.17, 15) is 0 Å². The lowest BCUT2D eigenvalue weighted by atomic mass is 9.90. The van der Waals surface area contributed by atoms with Gasteiger partial charge >= 0.3 is 0 Å². The maximum atomic E-state index is 4.56. The third-order valence-electron chi connectivity index (χ3n) is 5.64. The first-order valence-corrected chi connectivity index (χ1v) is 10.1. The van der Waals surface area contributed by atoms with E-state index in [-0.39, 0.29) is 0 Å². The van der Waals surface area contributed by atoms with Gasteiger partial charge in [-0.1, -0.05) is 68.4 Å². The van der Waals surface area contributed by atoms with Crippen molar-refractivity contribution in [1.29, 1.82) is 0 Å². The van der Waals surface area contributed by atoms with Crippen LogP contribution in [0.25, 0.3) is 43.7 Å². The van der Waals surface area contributed by atoms with Crippen molar-refractivity contribution in [2.45, 2.75) is 33.6 Å². The van der Waals surface area contributed by atoms with Gasteiger partial charge in [0.05, 0.1) is 0 Å². The molecular formula is C26H23N3. The van der Waals surface area contributed by atoms with E-state index < -0.39 is 0 Å². The summed E-state index contributed by atoms with van der Waals surface area (Å²) in [6.07, 6.45) is 0. The fraction of sp³-hybridized carbons (Fsp3) is 0.192. The average Bonchev–Trinajstić information content (AvgIpc) is 2.72. The van der Waals surface area contributed by atoms with Gasteiger partial charge in [-0.25, -0.2) is 15.0 Å². The Balaban J connectivity index is 1.88. The minimum Gasteiger partial charge on any atom is -0.219 e. The second-order valence-electron chi connectivity index (χ2n) is 8.02. The van der Waals surface area contributed by atoms with Crippen molar-refractivity contribution in [2.75, 3.05) is 0 Å². The van der Waals surface area contributed by atoms with Gasteiger partial charge in [-0.05, 0) is 63.7 Å². The van der Waals surface area contributed by atoms with Crippen LogP contribution in [-0.4, -0.2) is 15.0 Å². The Morgan fingerprint density at radius 1 is 0.586 bits per heavy atom. The van der Waals surface area contributed by atoms with Crippen molar-refractivity contribution in [3.63, 3.8) is 0 Å². The summed E-state index contributed by atoms with van der Waals surface area (Å²) in [5.74, 6) is 2.73. The van der Waals surface area contributed by atoms with Crippen molar-refractivity contribution in [2.24, 2.45) is 0 Å². The van der Waals surface area contributed by atoms with Crippen molar-refractivity contribution in [1.82, 2.24) is 15.0 Å². The molecule has 0 saturated heterocycles. The van der Waals surface area contributed by atoms with Crippen molar-refractivity contribution in [3.8, 4) is 11.4 Å². The second kappa shape index (κ2) is 6.63. The molecule has 0 saturated carbocycles. The highest BCUT2D eigenvalue weighted by Crippen LogP contribution is 2.37. The lowest BCUT2D eigenvalue weighted by Gasteiger charge is -2.14. The molecule has 0 atom stereocenters. The summed E-state index contributed by atoms with van der Waals surface area (Å²) in [7, 11) is 0. The van der Waals surface area contributed by atoms with Crippen LogP contribution in [0.3, 0.4) is 0 Å². The van der Waals surface area contributed by atoms with Gasteiger partial charge < -0.3 is 0 Å². The van der Waals surface area contributed by atoms with Crippen LogP contribution in [0.5, 0.6) is 0 Å². The van der Waals surface area contributed by atoms with Gasteiger partial charge in [-0.15, -0.1) is 0 Å². The molecule has 3 nitrogen and oxygen atoms in total. The number of rotatable bonds is 2. The Hall–Kier alpha value is -3.33. The average molecular weight is 377 g/mol. The lowest BCUT2D eigenvalue weighted by Crippen LogP contribution is -1.98. The van der Waals surface area contributed by atoms with E-state index in [1.807, 2.05) is 13.8 Å². The molecule has 0 aliphatic rings. The zero-order valence-electron chi connectivity index (χ0n) is 17.2. The molecule has 1 aromatic heterocycles. The van der Waals surface area contributed by atoms with Crippen molar-refractivity contribution < 1.29 is 0 Å². The van der Waals surface area contributed by atoms with Crippen LogP contribution in [0.1, 0.15) is 37.0 Å². The fourth-order valence-corrected chi connectivity index (χ4v) is 4.22. The van der Waals surface area contributed by atoms with Crippen LogP contribution < -0.4 is 0 Å². The van der Waals surface area contributed by atoms with Gasteiger partial charge in [0.1, 0.15) is 11.6 Å². The predicted octanol–water partition coefficient (Wildman–Crippen LogP) is 6.74. The van der Waals surface area contributed by atoms with E-state index in [1.165, 1.54) is 37.9 Å². The van der Waals surface area contributed by atoms with Crippen LogP contribution in [0, 0.1) is 13.8 Å². The van der Waals surface area contributed by atoms with Gasteiger partial charge in [0, 0.05) is 5.56 Å². The van der Waals surface area contributed by atoms with E-state index in [4.69, 9.17) is 0 Å². The standard InChI is InChI=1S/C26H23N3/c1-15(2)18-9-11-22-23-12-10-19(26-28-16(3)27-17(4)29-26)14-25(23)21-8-6-5-7-20(21)24(22)13-18/h5-15H,1-4H3. The molecule has 0 amide bonds. The summed E-state index contributed by atoms with van der Waals surface area (Å²) in [5, 5.41) is 7.66. The number of hydrogen-bond donors (Lipinski definition) is 0. The quantitative estimate of drug-likeness (QED) is 0.320. The molecule has 0 N–H and O–H groups in total. The molecule has 4 aromatic carbocycles. The normalized spacial score (nSPS) is 11.8. The highest BCUT2D eigenvalue weighted by molar-refractivity contribution is 6.25. The Bertz CT molecular complexity index is 1360. The second-order valence-corrected chi connectivity index (χ2v) is 8.02. The zero-order chi connectivity index (χ0) is 20.1. The minimum atomic E-state index is 0.506. The molecule has 1 heterocycles. The van der Waals surface area contributed by atoms with E-state index in [0.29, 0.717) is 5.92 Å². The van der Waals surface area contributed by atoms with E-state index in [2.05, 4.69) is 89.5 Å². The molecule has 0 aliphatic heterocycles. The van der Waals surface area contributed by atoms with E-state index in [0.717, 1.165) is 23.0 Å². The number of aryl methyl sites for hydroxylation is 2. The number of aromatic nitrogens is 3. The number of hydrogen-bond acceptors (Lipinski definition) is 3.